The van der Waals surface area contributed by atoms with Gasteiger partial charge in [-0.3, -0.25) is 0 Å². The molecular formula is C13H8Cl4N2O3. The molecule has 0 radical (unpaired) electrons. The number of rotatable bonds is 2. The van der Waals surface area contributed by atoms with E-state index in [-0.39, 0.29) is 43.0 Å². The minimum atomic E-state index is -0.615. The van der Waals surface area contributed by atoms with E-state index in [9.17, 15) is 15.0 Å². The van der Waals surface area contributed by atoms with Crippen LogP contribution in [-0.4, -0.2) is 16.2 Å². The number of carbonyl (C=O) groups is 1. The van der Waals surface area contributed by atoms with Crippen LogP contribution in [0, 0.1) is 0 Å². The van der Waals surface area contributed by atoms with Gasteiger partial charge in [0, 0.05) is 11.4 Å². The number of carbonyl (C=O) groups excluding carboxylic acids is 1. The molecular weight excluding hydrogens is 374 g/mol. The number of phenolic OH excluding ortho intramolecular Hbond substituents is 2. The van der Waals surface area contributed by atoms with Crippen molar-refractivity contribution in [3.63, 3.8) is 0 Å². The van der Waals surface area contributed by atoms with E-state index in [0.717, 1.165) is 0 Å². The van der Waals surface area contributed by atoms with E-state index in [1.165, 1.54) is 24.3 Å². The van der Waals surface area contributed by atoms with E-state index in [1.54, 1.807) is 0 Å². The van der Waals surface area contributed by atoms with Gasteiger partial charge in [-0.15, -0.1) is 0 Å². The maximum Gasteiger partial charge on any atom is 0.323 e. The summed E-state index contributed by atoms with van der Waals surface area (Å²) in [5, 5.41) is 23.8. The van der Waals surface area contributed by atoms with Gasteiger partial charge in [-0.25, -0.2) is 4.79 Å². The van der Waals surface area contributed by atoms with Crippen molar-refractivity contribution in [3.05, 3.63) is 44.4 Å². The molecule has 0 saturated carbocycles. The molecule has 116 valence electrons. The number of amides is 2. The van der Waals surface area contributed by atoms with E-state index in [2.05, 4.69) is 10.6 Å². The van der Waals surface area contributed by atoms with Crippen LogP contribution >= 0.6 is 46.4 Å². The first-order valence-corrected chi connectivity index (χ1v) is 7.23. The van der Waals surface area contributed by atoms with Gasteiger partial charge in [-0.05, 0) is 24.3 Å². The molecule has 4 N–H and O–H groups in total. The molecule has 0 fully saturated rings. The number of phenols is 2. The van der Waals surface area contributed by atoms with E-state index in [0.29, 0.717) is 0 Å². The molecule has 0 bridgehead atoms. The highest BCUT2D eigenvalue weighted by Crippen LogP contribution is 2.36. The Kier molecular flexibility index (Phi) is 5.13. The molecule has 0 aliphatic carbocycles. The lowest BCUT2D eigenvalue weighted by molar-refractivity contribution is 0.262. The van der Waals surface area contributed by atoms with Gasteiger partial charge in [0.2, 0.25) is 0 Å². The fourth-order valence-corrected chi connectivity index (χ4v) is 2.54. The molecule has 0 aliphatic heterocycles. The second-order valence-corrected chi connectivity index (χ2v) is 5.78. The molecule has 22 heavy (non-hydrogen) atoms. The van der Waals surface area contributed by atoms with Crippen molar-refractivity contribution in [1.82, 2.24) is 0 Å². The summed E-state index contributed by atoms with van der Waals surface area (Å²) < 4.78 is 0. The molecule has 0 saturated heterocycles. The average molecular weight is 382 g/mol. The first-order chi connectivity index (χ1) is 10.3. The highest BCUT2D eigenvalue weighted by molar-refractivity contribution is 6.38. The molecule has 0 heterocycles. The summed E-state index contributed by atoms with van der Waals surface area (Å²) in [5.74, 6) is -0.544. The third-order valence-electron chi connectivity index (χ3n) is 2.55. The quantitative estimate of drug-likeness (QED) is 0.529. The number of urea groups is 1. The lowest BCUT2D eigenvalue weighted by atomic mass is 10.3. The standard InChI is InChI=1S/C13H8Cl4N2O3/c14-7-1-5(2-8(15)11(7)20)18-13(22)19-6-3-9(16)12(21)10(17)4-6/h1-4,20-21H,(H2,18,19,22). The maximum absolute atomic E-state index is 11.9. The first kappa shape index (κ1) is 16.8. The van der Waals surface area contributed by atoms with Crippen LogP contribution in [0.4, 0.5) is 16.2 Å². The van der Waals surface area contributed by atoms with Crippen molar-refractivity contribution in [3.8, 4) is 11.5 Å². The Morgan fingerprint density at radius 2 is 1.00 bits per heavy atom. The molecule has 2 rings (SSSR count). The van der Waals surface area contributed by atoms with Gasteiger partial charge >= 0.3 is 6.03 Å². The zero-order valence-electron chi connectivity index (χ0n) is 10.6. The average Bonchev–Trinajstić information content (AvgIpc) is 2.41. The highest BCUT2D eigenvalue weighted by Gasteiger charge is 2.11. The third kappa shape index (κ3) is 3.81. The Labute approximate surface area is 145 Å². The van der Waals surface area contributed by atoms with Crippen LogP contribution in [0.5, 0.6) is 11.5 Å². The molecule has 0 unspecified atom stereocenters. The number of nitrogens with one attached hydrogen (secondary N) is 2. The van der Waals surface area contributed by atoms with Crippen LogP contribution in [0.1, 0.15) is 0 Å². The number of benzene rings is 2. The molecule has 9 heteroatoms. The lowest BCUT2D eigenvalue weighted by Gasteiger charge is -2.10. The van der Waals surface area contributed by atoms with Crippen LogP contribution in [0.25, 0.3) is 0 Å². The third-order valence-corrected chi connectivity index (χ3v) is 3.70. The van der Waals surface area contributed by atoms with Gasteiger partial charge in [-0.2, -0.15) is 0 Å². The Balaban J connectivity index is 2.14. The predicted octanol–water partition coefficient (Wildman–Crippen LogP) is 5.36. The molecule has 2 amide bonds. The summed E-state index contributed by atoms with van der Waals surface area (Å²) >= 11 is 23.0. The van der Waals surface area contributed by atoms with Crippen molar-refractivity contribution >= 4 is 63.8 Å². The molecule has 0 aliphatic rings. The van der Waals surface area contributed by atoms with Crippen molar-refractivity contribution in [2.45, 2.75) is 0 Å². The Hall–Kier alpha value is -1.53. The van der Waals surface area contributed by atoms with E-state index < -0.39 is 6.03 Å². The maximum atomic E-state index is 11.9. The van der Waals surface area contributed by atoms with Crippen LogP contribution in [0.2, 0.25) is 20.1 Å². The van der Waals surface area contributed by atoms with Gasteiger partial charge in [-0.1, -0.05) is 46.4 Å². The van der Waals surface area contributed by atoms with Crippen molar-refractivity contribution < 1.29 is 15.0 Å². The van der Waals surface area contributed by atoms with Crippen molar-refractivity contribution in [1.29, 1.82) is 0 Å². The number of hydrogen-bond donors (Lipinski definition) is 4. The minimum absolute atomic E-state index is 0.00137. The van der Waals surface area contributed by atoms with Crippen LogP contribution < -0.4 is 10.6 Å². The Bertz CT molecular complexity index is 645. The molecule has 0 atom stereocenters. The second-order valence-electron chi connectivity index (χ2n) is 4.16. The van der Waals surface area contributed by atoms with Gasteiger partial charge in [0.25, 0.3) is 0 Å². The molecule has 2 aromatic rings. The normalized spacial score (nSPS) is 10.4. The van der Waals surface area contributed by atoms with E-state index in [4.69, 9.17) is 46.4 Å². The Morgan fingerprint density at radius 1 is 0.727 bits per heavy atom. The fourth-order valence-electron chi connectivity index (χ4n) is 1.57. The molecule has 0 spiro atoms. The second kappa shape index (κ2) is 6.71. The fraction of sp³-hybridized carbons (Fsp3) is 0. The smallest absolute Gasteiger partial charge is 0.323 e. The van der Waals surface area contributed by atoms with E-state index >= 15 is 0 Å². The Morgan fingerprint density at radius 3 is 1.27 bits per heavy atom. The van der Waals surface area contributed by atoms with Crippen molar-refractivity contribution in [2.24, 2.45) is 0 Å². The van der Waals surface area contributed by atoms with Crippen LogP contribution in [0.15, 0.2) is 24.3 Å². The summed E-state index contributed by atoms with van der Waals surface area (Å²) in [6.07, 6.45) is 0. The lowest BCUT2D eigenvalue weighted by Crippen LogP contribution is -2.19. The molecule has 2 aromatic carbocycles. The van der Waals surface area contributed by atoms with Crippen molar-refractivity contribution in [2.75, 3.05) is 10.6 Å². The number of anilines is 2. The zero-order valence-corrected chi connectivity index (χ0v) is 13.6. The summed E-state index contributed by atoms with van der Waals surface area (Å²) in [5.41, 5.74) is 0.558. The summed E-state index contributed by atoms with van der Waals surface area (Å²) in [4.78, 5) is 11.9. The minimum Gasteiger partial charge on any atom is -0.505 e. The number of halogens is 4. The van der Waals surface area contributed by atoms with Gasteiger partial charge in [0.15, 0.2) is 11.5 Å². The monoisotopic (exact) mass is 380 g/mol. The van der Waals surface area contributed by atoms with E-state index in [1.807, 2.05) is 0 Å². The topological polar surface area (TPSA) is 81.6 Å². The first-order valence-electron chi connectivity index (χ1n) is 5.72. The van der Waals surface area contributed by atoms with Crippen LogP contribution in [0.3, 0.4) is 0 Å². The highest BCUT2D eigenvalue weighted by atomic mass is 35.5. The summed E-state index contributed by atoms with van der Waals surface area (Å²) in [7, 11) is 0. The van der Waals surface area contributed by atoms with Crippen LogP contribution in [-0.2, 0) is 0 Å². The SMILES string of the molecule is O=C(Nc1cc(Cl)c(O)c(Cl)c1)Nc1cc(Cl)c(O)c(Cl)c1. The van der Waals surface area contributed by atoms with Gasteiger partial charge in [0.1, 0.15) is 0 Å². The number of aromatic hydroxyl groups is 2. The van der Waals surface area contributed by atoms with Gasteiger partial charge < -0.3 is 20.8 Å². The van der Waals surface area contributed by atoms with Gasteiger partial charge in [0.05, 0.1) is 20.1 Å². The molecule has 0 aromatic heterocycles. The summed E-state index contributed by atoms with van der Waals surface area (Å²) in [6, 6.07) is 4.71. The number of hydrogen-bond acceptors (Lipinski definition) is 3. The summed E-state index contributed by atoms with van der Waals surface area (Å²) in [6.45, 7) is 0. The molecule has 5 nitrogen and oxygen atoms in total. The predicted molar refractivity (Wildman–Crippen MR) is 88.9 cm³/mol. The zero-order chi connectivity index (χ0) is 16.4. The largest absolute Gasteiger partial charge is 0.505 e.